The fourth-order valence-electron chi connectivity index (χ4n) is 5.43. The number of hydrogen-bond acceptors (Lipinski definition) is 4. The Bertz CT molecular complexity index is 723. The van der Waals surface area contributed by atoms with Gasteiger partial charge in [0.25, 0.3) is 0 Å². The monoisotopic (exact) mass is 490 g/mol. The van der Waals surface area contributed by atoms with Gasteiger partial charge < -0.3 is 15.2 Å². The van der Waals surface area contributed by atoms with Gasteiger partial charge in [-0.05, 0) is 42.9 Å². The Balaban J connectivity index is 1.48. The van der Waals surface area contributed by atoms with Crippen molar-refractivity contribution in [2.24, 2.45) is 5.92 Å². The molecule has 35 heavy (non-hydrogen) atoms. The van der Waals surface area contributed by atoms with Gasteiger partial charge in [-0.25, -0.2) is 4.39 Å². The van der Waals surface area contributed by atoms with Crippen LogP contribution < -0.4 is 10.1 Å². The predicted octanol–water partition coefficient (Wildman–Crippen LogP) is 5.96. The molecule has 1 saturated heterocycles. The maximum atomic E-state index is 13.8. The summed E-state index contributed by atoms with van der Waals surface area (Å²) in [6, 6.07) is 6.98. The molecule has 0 aromatic heterocycles. The molecule has 0 bridgehead atoms. The van der Waals surface area contributed by atoms with E-state index in [2.05, 4.69) is 12.2 Å². The van der Waals surface area contributed by atoms with Crippen molar-refractivity contribution in [3.8, 4) is 5.75 Å². The lowest BCUT2D eigenvalue weighted by Crippen LogP contribution is -2.46. The highest BCUT2D eigenvalue weighted by Crippen LogP contribution is 2.28. The Morgan fingerprint density at radius 2 is 1.89 bits per heavy atom. The molecule has 1 aromatic carbocycles. The summed E-state index contributed by atoms with van der Waals surface area (Å²) in [7, 11) is 0. The summed E-state index contributed by atoms with van der Waals surface area (Å²) < 4.78 is 19.5. The lowest BCUT2D eigenvalue weighted by atomic mass is 9.85. The minimum atomic E-state index is -0.853. The summed E-state index contributed by atoms with van der Waals surface area (Å²) in [5.74, 6) is 1.64. The number of halogens is 1. The Morgan fingerprint density at radius 3 is 2.57 bits per heavy atom. The molecule has 2 aliphatic rings. The van der Waals surface area contributed by atoms with E-state index in [0.29, 0.717) is 39.1 Å². The molecule has 5 nitrogen and oxygen atoms in total. The van der Waals surface area contributed by atoms with Crippen LogP contribution in [0.15, 0.2) is 24.3 Å². The topological polar surface area (TPSA) is 61.8 Å². The minimum Gasteiger partial charge on any atom is -0.494 e. The largest absolute Gasteiger partial charge is 0.494 e. The van der Waals surface area contributed by atoms with Crippen LogP contribution in [0.1, 0.15) is 102 Å². The molecule has 1 amide bonds. The highest BCUT2D eigenvalue weighted by Gasteiger charge is 2.29. The Hall–Kier alpha value is -1.66. The Labute approximate surface area is 211 Å². The molecule has 3 unspecified atom stereocenters. The van der Waals surface area contributed by atoms with Gasteiger partial charge >= 0.3 is 0 Å². The number of nitrogens with one attached hydrogen (secondary N) is 1. The summed E-state index contributed by atoms with van der Waals surface area (Å²) in [4.78, 5) is 14.8. The SMILES string of the molecule is CCCCOc1ccc(C(O)C(CN2CCC(F)C2)NC(=O)CCCCCC2CCCCC2)cc1. The van der Waals surface area contributed by atoms with Gasteiger partial charge in [-0.2, -0.15) is 0 Å². The van der Waals surface area contributed by atoms with Crippen LogP contribution in [0.3, 0.4) is 0 Å². The van der Waals surface area contributed by atoms with Crippen molar-refractivity contribution in [2.45, 2.75) is 109 Å². The number of unbranched alkanes of at least 4 members (excludes halogenated alkanes) is 3. The van der Waals surface area contributed by atoms with Gasteiger partial charge in [-0.15, -0.1) is 0 Å². The van der Waals surface area contributed by atoms with E-state index in [0.717, 1.165) is 42.9 Å². The fourth-order valence-corrected chi connectivity index (χ4v) is 5.43. The minimum absolute atomic E-state index is 0.0257. The molecule has 2 N–H and O–H groups in total. The molecule has 1 aromatic rings. The molecule has 6 heteroatoms. The van der Waals surface area contributed by atoms with Gasteiger partial charge in [0.2, 0.25) is 5.91 Å². The molecule has 3 rings (SSSR count). The van der Waals surface area contributed by atoms with Crippen LogP contribution in [0.2, 0.25) is 0 Å². The number of nitrogens with zero attached hydrogens (tertiary/aromatic N) is 1. The third-order valence-electron chi connectivity index (χ3n) is 7.63. The number of aliphatic hydroxyl groups excluding tert-OH is 1. The normalized spacial score (nSPS) is 21.1. The number of carbonyl (C=O) groups is 1. The number of aliphatic hydroxyl groups is 1. The van der Waals surface area contributed by atoms with Gasteiger partial charge in [-0.1, -0.05) is 76.8 Å². The molecule has 0 radical (unpaired) electrons. The van der Waals surface area contributed by atoms with Gasteiger partial charge in [0, 0.05) is 26.1 Å². The molecule has 1 heterocycles. The van der Waals surface area contributed by atoms with E-state index in [1.54, 1.807) is 0 Å². The second-order valence-electron chi connectivity index (χ2n) is 10.6. The lowest BCUT2D eigenvalue weighted by Gasteiger charge is -2.29. The number of amides is 1. The van der Waals surface area contributed by atoms with Crippen LogP contribution in [0, 0.1) is 5.92 Å². The maximum absolute atomic E-state index is 13.8. The van der Waals surface area contributed by atoms with Crippen molar-refractivity contribution in [1.29, 1.82) is 0 Å². The Morgan fingerprint density at radius 1 is 1.11 bits per heavy atom. The average molecular weight is 491 g/mol. The van der Waals surface area contributed by atoms with E-state index in [1.165, 1.54) is 44.9 Å². The van der Waals surface area contributed by atoms with Crippen molar-refractivity contribution in [2.75, 3.05) is 26.2 Å². The number of hydrogen-bond donors (Lipinski definition) is 2. The van der Waals surface area contributed by atoms with E-state index in [-0.39, 0.29) is 5.91 Å². The van der Waals surface area contributed by atoms with Crippen LogP contribution >= 0.6 is 0 Å². The zero-order chi connectivity index (χ0) is 24.9. The summed E-state index contributed by atoms with van der Waals surface area (Å²) in [6.07, 6.45) is 12.7. The summed E-state index contributed by atoms with van der Waals surface area (Å²) >= 11 is 0. The third kappa shape index (κ3) is 10.1. The first kappa shape index (κ1) is 27.9. The van der Waals surface area contributed by atoms with Crippen LogP contribution in [0.4, 0.5) is 4.39 Å². The second kappa shape index (κ2) is 15.5. The highest BCUT2D eigenvalue weighted by molar-refractivity contribution is 5.76. The summed E-state index contributed by atoms with van der Waals surface area (Å²) in [5, 5.41) is 14.2. The van der Waals surface area contributed by atoms with Gasteiger partial charge in [0.05, 0.1) is 12.6 Å². The number of benzene rings is 1. The zero-order valence-electron chi connectivity index (χ0n) is 21.7. The summed E-state index contributed by atoms with van der Waals surface area (Å²) in [5.41, 5.74) is 0.738. The van der Waals surface area contributed by atoms with E-state index >= 15 is 0 Å². The molecule has 2 fully saturated rings. The number of likely N-dealkylation sites (tertiary alicyclic amines) is 1. The number of carbonyl (C=O) groups excluding carboxylic acids is 1. The smallest absolute Gasteiger partial charge is 0.220 e. The van der Waals surface area contributed by atoms with E-state index < -0.39 is 18.3 Å². The standard InChI is InChI=1S/C29H47FN2O3/c1-2-3-20-35-26-16-14-24(15-17-26)29(34)27(22-32-19-18-25(30)21-32)31-28(33)13-9-5-8-12-23-10-6-4-7-11-23/h14-17,23,25,27,29,34H,2-13,18-22H2,1H3,(H,31,33). The summed E-state index contributed by atoms with van der Waals surface area (Å²) in [6.45, 7) is 4.28. The van der Waals surface area contributed by atoms with E-state index in [1.807, 2.05) is 29.2 Å². The first-order chi connectivity index (χ1) is 17.0. The van der Waals surface area contributed by atoms with Crippen molar-refractivity contribution in [1.82, 2.24) is 10.2 Å². The molecule has 198 valence electrons. The van der Waals surface area contributed by atoms with E-state index in [4.69, 9.17) is 4.74 Å². The van der Waals surface area contributed by atoms with Gasteiger partial charge in [0.15, 0.2) is 0 Å². The Kier molecular flexibility index (Phi) is 12.3. The first-order valence-electron chi connectivity index (χ1n) is 14.1. The third-order valence-corrected chi connectivity index (χ3v) is 7.63. The van der Waals surface area contributed by atoms with Crippen molar-refractivity contribution in [3.05, 3.63) is 29.8 Å². The quantitative estimate of drug-likeness (QED) is 0.298. The van der Waals surface area contributed by atoms with Gasteiger partial charge in [-0.3, -0.25) is 9.69 Å². The molecule has 0 spiro atoms. The molecular weight excluding hydrogens is 443 g/mol. The predicted molar refractivity (Wildman–Crippen MR) is 139 cm³/mol. The van der Waals surface area contributed by atoms with Crippen LogP contribution in [-0.4, -0.2) is 54.4 Å². The van der Waals surface area contributed by atoms with Crippen LogP contribution in [0.5, 0.6) is 5.75 Å². The zero-order valence-corrected chi connectivity index (χ0v) is 21.7. The fraction of sp³-hybridized carbons (Fsp3) is 0.759. The molecular formula is C29H47FN2O3. The van der Waals surface area contributed by atoms with Crippen LogP contribution in [-0.2, 0) is 4.79 Å². The van der Waals surface area contributed by atoms with Crippen molar-refractivity contribution in [3.63, 3.8) is 0 Å². The molecule has 3 atom stereocenters. The van der Waals surface area contributed by atoms with Crippen molar-refractivity contribution < 1.29 is 19.0 Å². The van der Waals surface area contributed by atoms with Crippen molar-refractivity contribution >= 4 is 5.91 Å². The molecule has 1 saturated carbocycles. The van der Waals surface area contributed by atoms with Crippen LogP contribution in [0.25, 0.3) is 0 Å². The second-order valence-corrected chi connectivity index (χ2v) is 10.6. The maximum Gasteiger partial charge on any atom is 0.220 e. The molecule has 1 aliphatic carbocycles. The number of ether oxygens (including phenoxy) is 1. The first-order valence-corrected chi connectivity index (χ1v) is 14.1. The average Bonchev–Trinajstić information content (AvgIpc) is 3.28. The molecule has 1 aliphatic heterocycles. The number of alkyl halides is 1. The highest BCUT2D eigenvalue weighted by atomic mass is 19.1. The van der Waals surface area contributed by atoms with Gasteiger partial charge in [0.1, 0.15) is 18.0 Å². The number of rotatable bonds is 15. The lowest BCUT2D eigenvalue weighted by molar-refractivity contribution is -0.123. The van der Waals surface area contributed by atoms with E-state index in [9.17, 15) is 14.3 Å².